The molecular weight excluding hydrogens is 454 g/mol. The Morgan fingerprint density at radius 1 is 1.18 bits per heavy atom. The number of aldehydes is 1. The van der Waals surface area contributed by atoms with Crippen molar-refractivity contribution in [3.8, 4) is 11.3 Å². The van der Waals surface area contributed by atoms with Crippen LogP contribution in [0.2, 0.25) is 0 Å². The van der Waals surface area contributed by atoms with Gasteiger partial charge in [-0.2, -0.15) is 13.9 Å². The van der Waals surface area contributed by atoms with Gasteiger partial charge in [-0.15, -0.1) is 0 Å². The van der Waals surface area contributed by atoms with Crippen LogP contribution in [-0.4, -0.2) is 36.9 Å². The van der Waals surface area contributed by atoms with E-state index < -0.39 is 28.2 Å². The van der Waals surface area contributed by atoms with Crippen LogP contribution in [0.15, 0.2) is 42.5 Å². The summed E-state index contributed by atoms with van der Waals surface area (Å²) < 4.78 is 40.2. The third-order valence-electron chi connectivity index (χ3n) is 4.46. The third-order valence-corrected chi connectivity index (χ3v) is 5.22. The minimum absolute atomic E-state index is 0.0546. The fourth-order valence-corrected chi connectivity index (χ4v) is 3.44. The summed E-state index contributed by atoms with van der Waals surface area (Å²) in [6.07, 6.45) is 0.642. The van der Waals surface area contributed by atoms with E-state index in [2.05, 4.69) is 20.1 Å². The van der Waals surface area contributed by atoms with E-state index in [1.807, 2.05) is 20.8 Å². The maximum absolute atomic E-state index is 12.5. The first-order valence-electron chi connectivity index (χ1n) is 9.69. The van der Waals surface area contributed by atoms with Gasteiger partial charge in [0, 0.05) is 11.3 Å². The van der Waals surface area contributed by atoms with Gasteiger partial charge in [-0.1, -0.05) is 18.2 Å². The van der Waals surface area contributed by atoms with Crippen molar-refractivity contribution >= 4 is 40.5 Å². The number of hydrogen-bond donors (Lipinski definition) is 3. The number of amides is 1. The summed E-state index contributed by atoms with van der Waals surface area (Å²) in [5.41, 5.74) is 6.15. The van der Waals surface area contributed by atoms with Gasteiger partial charge in [0.15, 0.2) is 17.3 Å². The van der Waals surface area contributed by atoms with Gasteiger partial charge in [0.25, 0.3) is 5.91 Å². The molecule has 4 N–H and O–H groups in total. The van der Waals surface area contributed by atoms with Crippen molar-refractivity contribution in [2.75, 3.05) is 10.0 Å². The van der Waals surface area contributed by atoms with Gasteiger partial charge in [0.05, 0.1) is 11.1 Å². The van der Waals surface area contributed by atoms with Crippen molar-refractivity contribution in [2.45, 2.75) is 32.1 Å². The van der Waals surface area contributed by atoms with Crippen molar-refractivity contribution in [2.24, 2.45) is 5.73 Å². The van der Waals surface area contributed by atoms with Crippen molar-refractivity contribution in [1.29, 1.82) is 0 Å². The smallest absolute Gasteiger partial charge is 0.330 e. The Balaban J connectivity index is 2.05. The summed E-state index contributed by atoms with van der Waals surface area (Å²) in [5, 5.41) is 7.65. The number of carbonyl (C=O) groups excluding carboxylic acids is 2. The number of alkyl halides is 2. The van der Waals surface area contributed by atoms with Gasteiger partial charge in [-0.05, 0) is 45.0 Å². The van der Waals surface area contributed by atoms with Crippen molar-refractivity contribution < 1.29 is 22.6 Å². The zero-order valence-electron chi connectivity index (χ0n) is 18.0. The molecule has 3 aromatic rings. The first kappa shape index (κ1) is 24.0. The SMILES string of the molecule is CC(C)(C)n1nc(-c2ccc(NS(=O)C(F)F)cc2)c(C=O)c1Nc1cccc(C(N)=O)n1. The lowest BCUT2D eigenvalue weighted by Crippen LogP contribution is -2.25. The molecule has 0 aliphatic rings. The van der Waals surface area contributed by atoms with Crippen LogP contribution in [0, 0.1) is 0 Å². The van der Waals surface area contributed by atoms with Crippen LogP contribution in [0.25, 0.3) is 11.3 Å². The number of halogens is 2. The lowest BCUT2D eigenvalue weighted by Gasteiger charge is -2.22. The highest BCUT2D eigenvalue weighted by molar-refractivity contribution is 7.86. The van der Waals surface area contributed by atoms with E-state index in [9.17, 15) is 22.6 Å². The van der Waals surface area contributed by atoms with E-state index >= 15 is 0 Å². The number of benzene rings is 1. The molecule has 0 saturated heterocycles. The number of nitrogens with one attached hydrogen (secondary N) is 2. The maximum Gasteiger partial charge on any atom is 0.330 e. The van der Waals surface area contributed by atoms with Crippen LogP contribution in [0.3, 0.4) is 0 Å². The molecule has 0 radical (unpaired) electrons. The second kappa shape index (κ2) is 9.45. The first-order valence-corrected chi connectivity index (χ1v) is 10.9. The monoisotopic (exact) mass is 476 g/mol. The Morgan fingerprint density at radius 3 is 2.39 bits per heavy atom. The zero-order valence-corrected chi connectivity index (χ0v) is 18.8. The summed E-state index contributed by atoms with van der Waals surface area (Å²) in [4.78, 5) is 27.7. The van der Waals surface area contributed by atoms with Gasteiger partial charge >= 0.3 is 5.76 Å². The maximum atomic E-state index is 12.5. The average molecular weight is 477 g/mol. The van der Waals surface area contributed by atoms with Crippen molar-refractivity contribution in [1.82, 2.24) is 14.8 Å². The molecule has 33 heavy (non-hydrogen) atoms. The zero-order chi connectivity index (χ0) is 24.3. The molecular formula is C21H22F2N6O3S. The number of nitrogens with two attached hydrogens (primary N) is 1. The van der Waals surface area contributed by atoms with Gasteiger partial charge in [0.1, 0.15) is 23.0 Å². The lowest BCUT2D eigenvalue weighted by atomic mass is 10.1. The Hall–Kier alpha value is -3.67. The molecule has 2 heterocycles. The molecule has 0 saturated carbocycles. The quantitative estimate of drug-likeness (QED) is 0.425. The molecule has 9 nitrogen and oxygen atoms in total. The van der Waals surface area contributed by atoms with E-state index in [1.165, 1.54) is 18.2 Å². The highest BCUT2D eigenvalue weighted by atomic mass is 32.2. The number of aromatic nitrogens is 3. The van der Waals surface area contributed by atoms with E-state index in [0.717, 1.165) is 0 Å². The largest absolute Gasteiger partial charge is 0.364 e. The van der Waals surface area contributed by atoms with Crippen LogP contribution in [0.4, 0.5) is 26.1 Å². The average Bonchev–Trinajstić information content (AvgIpc) is 3.13. The standard InChI is InChI=1S/C21H22F2N6O3S/c1-21(2,3)29-19(26-16-6-4-5-15(25-16)18(24)31)14(11-30)17(27-29)12-7-9-13(10-8-12)28-33(32)20(22)23/h4-11,20,28H,1-3H3,(H2,24,31)(H,25,26). The predicted molar refractivity (Wildman–Crippen MR) is 122 cm³/mol. The molecule has 1 amide bonds. The Bertz CT molecular complexity index is 1210. The second-order valence-corrected chi connectivity index (χ2v) is 9.10. The fourth-order valence-electron chi connectivity index (χ4n) is 2.98. The molecule has 12 heteroatoms. The normalized spacial score (nSPS) is 12.4. The molecule has 1 atom stereocenters. The number of carbonyl (C=O) groups is 2. The van der Waals surface area contributed by atoms with Gasteiger partial charge < -0.3 is 15.8 Å². The highest BCUT2D eigenvalue weighted by Crippen LogP contribution is 2.33. The number of rotatable bonds is 8. The van der Waals surface area contributed by atoms with E-state index in [-0.39, 0.29) is 16.9 Å². The molecule has 2 aromatic heterocycles. The van der Waals surface area contributed by atoms with E-state index in [0.29, 0.717) is 29.2 Å². The molecule has 0 bridgehead atoms. The molecule has 0 aliphatic carbocycles. The number of pyridine rings is 1. The number of nitrogens with zero attached hydrogens (tertiary/aromatic N) is 3. The van der Waals surface area contributed by atoms with Gasteiger partial charge in [-0.25, -0.2) is 13.9 Å². The van der Waals surface area contributed by atoms with Crippen LogP contribution in [-0.2, 0) is 16.5 Å². The minimum atomic E-state index is -3.02. The molecule has 0 spiro atoms. The summed E-state index contributed by atoms with van der Waals surface area (Å²) >= 11 is 0. The summed E-state index contributed by atoms with van der Waals surface area (Å²) in [6, 6.07) is 10.8. The number of primary amides is 1. The summed E-state index contributed by atoms with van der Waals surface area (Å²) in [7, 11) is -2.53. The third kappa shape index (κ3) is 5.40. The van der Waals surface area contributed by atoms with Crippen molar-refractivity contribution in [3.63, 3.8) is 0 Å². The van der Waals surface area contributed by atoms with Crippen molar-refractivity contribution in [3.05, 3.63) is 53.7 Å². The molecule has 3 rings (SSSR count). The first-order chi connectivity index (χ1) is 15.5. The lowest BCUT2D eigenvalue weighted by molar-refractivity contribution is 0.0995. The minimum Gasteiger partial charge on any atom is -0.364 e. The second-order valence-electron chi connectivity index (χ2n) is 7.95. The molecule has 174 valence electrons. The summed E-state index contributed by atoms with van der Waals surface area (Å²) in [5.74, 6) is -3.08. The molecule has 1 unspecified atom stereocenters. The predicted octanol–water partition coefficient (Wildman–Crippen LogP) is 3.65. The number of hydrogen-bond acceptors (Lipinski definition) is 6. The van der Waals surface area contributed by atoms with Crippen LogP contribution < -0.4 is 15.8 Å². The summed E-state index contributed by atoms with van der Waals surface area (Å²) in [6.45, 7) is 5.68. The Morgan fingerprint density at radius 2 is 1.85 bits per heavy atom. The number of anilines is 3. The Kier molecular flexibility index (Phi) is 6.86. The highest BCUT2D eigenvalue weighted by Gasteiger charge is 2.26. The molecule has 1 aromatic carbocycles. The molecule has 0 aliphatic heterocycles. The van der Waals surface area contributed by atoms with Gasteiger partial charge in [-0.3, -0.25) is 9.59 Å². The van der Waals surface area contributed by atoms with E-state index in [1.54, 1.807) is 28.9 Å². The Labute approximate surface area is 191 Å². The van der Waals surface area contributed by atoms with Crippen LogP contribution in [0.1, 0.15) is 41.6 Å². The van der Waals surface area contributed by atoms with E-state index in [4.69, 9.17) is 5.73 Å². The van der Waals surface area contributed by atoms with Crippen LogP contribution in [0.5, 0.6) is 0 Å². The van der Waals surface area contributed by atoms with Crippen LogP contribution >= 0.6 is 0 Å². The van der Waals surface area contributed by atoms with Gasteiger partial charge in [0.2, 0.25) is 0 Å². The molecule has 0 fully saturated rings. The topological polar surface area (TPSA) is 132 Å². The fraction of sp³-hybridized carbons (Fsp3) is 0.238.